The van der Waals surface area contributed by atoms with Gasteiger partial charge >= 0.3 is 5.82 Å². The highest BCUT2D eigenvalue weighted by Gasteiger charge is 2.36. The van der Waals surface area contributed by atoms with Gasteiger partial charge in [-0.05, 0) is 103 Å². The summed E-state index contributed by atoms with van der Waals surface area (Å²) in [4.78, 5) is 0. The number of aromatic nitrogens is 2. The van der Waals surface area contributed by atoms with Crippen LogP contribution in [0.15, 0.2) is 134 Å². The first-order chi connectivity index (χ1) is 25.6. The maximum Gasteiger partial charge on any atom is 0.301 e. The second kappa shape index (κ2) is 13.7. The molecule has 0 fully saturated rings. The fraction of sp³-hybridized carbons (Fsp3) is 0.229. The molecule has 1 aliphatic rings. The van der Waals surface area contributed by atoms with Crippen LogP contribution in [0.4, 0.5) is 4.39 Å². The average Bonchev–Trinajstić information content (AvgIpc) is 3.70. The second-order valence-electron chi connectivity index (χ2n) is 15.4. The third-order valence-corrected chi connectivity index (χ3v) is 12.3. The average molecular weight is 717 g/mol. The van der Waals surface area contributed by atoms with Crippen LogP contribution in [0.2, 0.25) is 0 Å². The SMILES string of the molecule is C=C(/C=C\C)C1CCc2ccc3c(sc4cccc(-c5ccc(F)cc5)c43)c2-c2n(c3ccccc3[n+]2-c2ccc(C(C)(C)C)cc2)C(=C)CC1NC. The molecule has 53 heavy (non-hydrogen) atoms. The van der Waals surface area contributed by atoms with Crippen molar-refractivity contribution in [3.05, 3.63) is 151 Å². The molecule has 0 saturated heterocycles. The van der Waals surface area contributed by atoms with Crippen molar-refractivity contribution in [2.24, 2.45) is 5.92 Å². The number of fused-ring (bicyclic) bond motifs is 9. The molecule has 0 bridgehead atoms. The number of nitrogens with zero attached hydrogens (tertiary/aromatic N) is 2. The number of benzene rings is 5. The van der Waals surface area contributed by atoms with Gasteiger partial charge in [-0.15, -0.1) is 11.3 Å². The van der Waals surface area contributed by atoms with Gasteiger partial charge in [0.15, 0.2) is 11.0 Å². The molecule has 0 aliphatic carbocycles. The summed E-state index contributed by atoms with van der Waals surface area (Å²) in [6.45, 7) is 18.3. The molecule has 1 N–H and O–H groups in total. The first-order valence-corrected chi connectivity index (χ1v) is 19.5. The smallest absolute Gasteiger partial charge is 0.301 e. The zero-order valence-electron chi connectivity index (χ0n) is 31.3. The number of allylic oxidation sites excluding steroid dienone is 2. The van der Waals surface area contributed by atoms with Crippen molar-refractivity contribution in [2.45, 2.75) is 58.4 Å². The van der Waals surface area contributed by atoms with E-state index in [1.807, 2.05) is 23.5 Å². The lowest BCUT2D eigenvalue weighted by Crippen LogP contribution is -2.37. The number of hydrogen-bond donors (Lipinski definition) is 1. The maximum absolute atomic E-state index is 14.1. The van der Waals surface area contributed by atoms with Gasteiger partial charge in [0.2, 0.25) is 0 Å². The lowest BCUT2D eigenvalue weighted by molar-refractivity contribution is -0.555. The molecular formula is C48H47FN3S+. The molecule has 2 unspecified atom stereocenters. The van der Waals surface area contributed by atoms with Crippen molar-refractivity contribution in [2.75, 3.05) is 7.05 Å². The van der Waals surface area contributed by atoms with Gasteiger partial charge < -0.3 is 5.32 Å². The summed E-state index contributed by atoms with van der Waals surface area (Å²) in [7, 11) is 2.07. The Balaban J connectivity index is 1.49. The predicted molar refractivity (Wildman–Crippen MR) is 224 cm³/mol. The number of halogens is 1. The predicted octanol–water partition coefficient (Wildman–Crippen LogP) is 12.2. The molecule has 2 aromatic heterocycles. The summed E-state index contributed by atoms with van der Waals surface area (Å²) in [5, 5.41) is 6.09. The normalized spacial score (nSPS) is 16.8. The number of thiophene rings is 1. The molecule has 8 rings (SSSR count). The number of imidazole rings is 1. The lowest BCUT2D eigenvalue weighted by Gasteiger charge is -2.29. The minimum atomic E-state index is -0.228. The molecule has 0 amide bonds. The van der Waals surface area contributed by atoms with E-state index in [1.165, 1.54) is 36.9 Å². The summed E-state index contributed by atoms with van der Waals surface area (Å²) in [6.07, 6.45) is 6.87. The minimum Gasteiger partial charge on any atom is -0.316 e. The molecule has 3 nitrogen and oxygen atoms in total. The van der Waals surface area contributed by atoms with E-state index in [4.69, 9.17) is 6.58 Å². The number of rotatable bonds is 5. The van der Waals surface area contributed by atoms with Gasteiger partial charge in [0.05, 0.1) is 10.3 Å². The Labute approximate surface area is 316 Å². The zero-order valence-corrected chi connectivity index (χ0v) is 32.2. The third-order valence-electron chi connectivity index (χ3n) is 11.1. The van der Waals surface area contributed by atoms with Crippen molar-refractivity contribution in [1.82, 2.24) is 9.88 Å². The van der Waals surface area contributed by atoms with E-state index in [-0.39, 0.29) is 23.2 Å². The quantitative estimate of drug-likeness (QED) is 0.139. The summed E-state index contributed by atoms with van der Waals surface area (Å²) < 4.78 is 21.4. The molecule has 0 saturated carbocycles. The fourth-order valence-corrected chi connectivity index (χ4v) is 9.72. The van der Waals surface area contributed by atoms with Crippen molar-refractivity contribution in [1.29, 1.82) is 0 Å². The molecule has 5 aromatic carbocycles. The van der Waals surface area contributed by atoms with E-state index in [9.17, 15) is 4.39 Å². The van der Waals surface area contributed by atoms with Crippen molar-refractivity contribution < 1.29 is 8.96 Å². The van der Waals surface area contributed by atoms with Crippen molar-refractivity contribution in [3.8, 4) is 28.2 Å². The fourth-order valence-electron chi connectivity index (χ4n) is 8.42. The Morgan fingerprint density at radius 1 is 0.943 bits per heavy atom. The minimum absolute atomic E-state index is 0.0407. The van der Waals surface area contributed by atoms with Crippen LogP contribution >= 0.6 is 11.3 Å². The first-order valence-electron chi connectivity index (χ1n) is 18.7. The van der Waals surface area contributed by atoms with Crippen LogP contribution in [-0.2, 0) is 11.8 Å². The number of para-hydroxylation sites is 2. The summed E-state index contributed by atoms with van der Waals surface area (Å²) >= 11 is 1.85. The van der Waals surface area contributed by atoms with E-state index in [0.29, 0.717) is 0 Å². The summed E-state index contributed by atoms with van der Waals surface area (Å²) in [5.74, 6) is 1.12. The van der Waals surface area contributed by atoms with Crippen LogP contribution in [0, 0.1) is 11.7 Å². The highest BCUT2D eigenvalue weighted by atomic mass is 32.1. The van der Waals surface area contributed by atoms with Gasteiger partial charge in [-0.1, -0.05) is 112 Å². The number of aryl methyl sites for hydroxylation is 1. The molecule has 5 heteroatoms. The Bertz CT molecular complexity index is 2560. The molecule has 2 atom stereocenters. The van der Waals surface area contributed by atoms with Crippen LogP contribution in [0.25, 0.3) is 65.1 Å². The highest BCUT2D eigenvalue weighted by molar-refractivity contribution is 7.26. The molecule has 0 spiro atoms. The number of nitrogens with one attached hydrogen (secondary N) is 1. The van der Waals surface area contributed by atoms with Gasteiger partial charge in [0.1, 0.15) is 17.2 Å². The Morgan fingerprint density at radius 3 is 2.42 bits per heavy atom. The Hall–Kier alpha value is -5.10. The molecule has 266 valence electrons. The summed E-state index contributed by atoms with van der Waals surface area (Å²) in [5.41, 5.74) is 11.6. The second-order valence-corrected chi connectivity index (χ2v) is 16.5. The third kappa shape index (κ3) is 6.06. The van der Waals surface area contributed by atoms with Gasteiger partial charge in [-0.3, -0.25) is 0 Å². The summed E-state index contributed by atoms with van der Waals surface area (Å²) in [6, 6.07) is 36.1. The molecule has 1 aliphatic heterocycles. The lowest BCUT2D eigenvalue weighted by atomic mass is 9.83. The van der Waals surface area contributed by atoms with Gasteiger partial charge in [0, 0.05) is 27.9 Å². The number of hydrogen-bond acceptors (Lipinski definition) is 2. The standard InChI is InChI=1S/C48H47FN3S/c1-8-12-30(2)37-27-19-33-20-28-39-45-38(32-17-23-35(49)24-18-32)13-11-16-43(45)53-46(39)44(33)47-51(31(3)29-40(37)50-7)41-14-9-10-15-42(41)52(47)36-25-21-34(22-26-36)48(4,5)6/h8-18,20-26,28,37,40,50H,2-3,19,27,29H2,1,4-7H3/q+1/b12-8-. The molecule has 7 aromatic rings. The van der Waals surface area contributed by atoms with Crippen molar-refractivity contribution in [3.63, 3.8) is 0 Å². The van der Waals surface area contributed by atoms with Crippen LogP contribution in [-0.4, -0.2) is 17.7 Å². The van der Waals surface area contributed by atoms with Crippen LogP contribution in [0.1, 0.15) is 51.7 Å². The van der Waals surface area contributed by atoms with E-state index < -0.39 is 0 Å². The van der Waals surface area contributed by atoms with Crippen LogP contribution < -0.4 is 9.88 Å². The van der Waals surface area contributed by atoms with E-state index in [1.54, 1.807) is 12.1 Å². The Morgan fingerprint density at radius 2 is 1.70 bits per heavy atom. The van der Waals surface area contributed by atoms with E-state index in [0.717, 1.165) is 64.2 Å². The Kier molecular flexibility index (Phi) is 9.04. The molecule has 3 heterocycles. The monoisotopic (exact) mass is 716 g/mol. The maximum atomic E-state index is 14.1. The van der Waals surface area contributed by atoms with Crippen LogP contribution in [0.3, 0.4) is 0 Å². The highest BCUT2D eigenvalue weighted by Crippen LogP contribution is 2.47. The largest absolute Gasteiger partial charge is 0.316 e. The van der Waals surface area contributed by atoms with Gasteiger partial charge in [0.25, 0.3) is 0 Å². The molecular weight excluding hydrogens is 670 g/mol. The zero-order chi connectivity index (χ0) is 37.0. The molecule has 0 radical (unpaired) electrons. The van der Waals surface area contributed by atoms with Crippen molar-refractivity contribution >= 4 is 48.2 Å². The first kappa shape index (κ1) is 35.0. The van der Waals surface area contributed by atoms with Gasteiger partial charge in [-0.2, -0.15) is 9.13 Å². The van der Waals surface area contributed by atoms with Gasteiger partial charge in [-0.25, -0.2) is 4.39 Å². The van der Waals surface area contributed by atoms with E-state index >= 15 is 0 Å². The van der Waals surface area contributed by atoms with Crippen LogP contribution in [0.5, 0.6) is 0 Å². The topological polar surface area (TPSA) is 20.8 Å². The van der Waals surface area contributed by atoms with E-state index in [2.05, 4.69) is 147 Å².